The zero-order chi connectivity index (χ0) is 9.40. The van der Waals surface area contributed by atoms with Gasteiger partial charge in [0.25, 0.3) is 0 Å². The highest BCUT2D eigenvalue weighted by atomic mass is 16.8. The zero-order valence-corrected chi connectivity index (χ0v) is 6.02. The van der Waals surface area contributed by atoms with Crippen LogP contribution in [0.1, 0.15) is 0 Å². The molecule has 0 radical (unpaired) electrons. The fourth-order valence-corrected chi connectivity index (χ4v) is 0.318. The number of rotatable bonds is 3. The molecule has 0 saturated carbocycles. The standard InChI is InChI=1S/C4H8N2O6/c5-11-3(7)9-1-2-10-4(8)12-6/h1-2,5-6H2. The monoisotopic (exact) mass is 180 g/mol. The Kier molecular flexibility index (Phi) is 5.39. The number of ether oxygens (including phenoxy) is 2. The van der Waals surface area contributed by atoms with E-state index in [9.17, 15) is 9.59 Å². The van der Waals surface area contributed by atoms with Crippen LogP contribution in [0.2, 0.25) is 0 Å². The second-order valence-corrected chi connectivity index (χ2v) is 1.43. The van der Waals surface area contributed by atoms with E-state index in [2.05, 4.69) is 30.9 Å². The SMILES string of the molecule is NOC(=O)OCCOC(=O)ON. The molecule has 70 valence electrons. The van der Waals surface area contributed by atoms with Crippen molar-refractivity contribution in [3.05, 3.63) is 0 Å². The molecule has 8 heteroatoms. The van der Waals surface area contributed by atoms with E-state index < -0.39 is 12.3 Å². The van der Waals surface area contributed by atoms with Gasteiger partial charge in [-0.25, -0.2) is 9.59 Å². The van der Waals surface area contributed by atoms with E-state index in [1.165, 1.54) is 0 Å². The number of carbonyl (C=O) groups excluding carboxylic acids is 2. The van der Waals surface area contributed by atoms with Gasteiger partial charge >= 0.3 is 12.3 Å². The van der Waals surface area contributed by atoms with E-state index >= 15 is 0 Å². The minimum absolute atomic E-state index is 0.189. The van der Waals surface area contributed by atoms with Crippen LogP contribution < -0.4 is 11.8 Å². The molecular formula is C4H8N2O6. The Balaban J connectivity index is 3.21. The average Bonchev–Trinajstić information content (AvgIpc) is 2.11. The molecular weight excluding hydrogens is 172 g/mol. The molecule has 4 N–H and O–H groups in total. The molecule has 0 heterocycles. The second kappa shape index (κ2) is 6.19. The van der Waals surface area contributed by atoms with Crippen molar-refractivity contribution in [2.24, 2.45) is 11.8 Å². The van der Waals surface area contributed by atoms with Crippen molar-refractivity contribution in [3.63, 3.8) is 0 Å². The second-order valence-electron chi connectivity index (χ2n) is 1.43. The van der Waals surface area contributed by atoms with Gasteiger partial charge in [0.05, 0.1) is 0 Å². The van der Waals surface area contributed by atoms with Crippen LogP contribution >= 0.6 is 0 Å². The largest absolute Gasteiger partial charge is 0.527 e. The molecule has 0 spiro atoms. The summed E-state index contributed by atoms with van der Waals surface area (Å²) in [5.74, 6) is 8.83. The van der Waals surface area contributed by atoms with Gasteiger partial charge in [0.1, 0.15) is 13.2 Å². The molecule has 0 atom stereocenters. The quantitative estimate of drug-likeness (QED) is 0.323. The van der Waals surface area contributed by atoms with Crippen LogP contribution in [-0.4, -0.2) is 25.5 Å². The van der Waals surface area contributed by atoms with Crippen molar-refractivity contribution < 1.29 is 28.7 Å². The van der Waals surface area contributed by atoms with Crippen LogP contribution in [0.5, 0.6) is 0 Å². The maximum atomic E-state index is 10.2. The normalized spacial score (nSPS) is 8.50. The molecule has 0 aromatic heterocycles. The van der Waals surface area contributed by atoms with Crippen molar-refractivity contribution in [1.29, 1.82) is 0 Å². The molecule has 12 heavy (non-hydrogen) atoms. The summed E-state index contributed by atoms with van der Waals surface area (Å²) in [5.41, 5.74) is 0. The van der Waals surface area contributed by atoms with E-state index in [0.29, 0.717) is 0 Å². The molecule has 0 aromatic carbocycles. The van der Waals surface area contributed by atoms with Crippen LogP contribution in [0.25, 0.3) is 0 Å². The number of hydrogen-bond acceptors (Lipinski definition) is 8. The van der Waals surface area contributed by atoms with Crippen molar-refractivity contribution in [2.45, 2.75) is 0 Å². The Bertz CT molecular complexity index is 142. The Labute approximate surface area is 67.2 Å². The van der Waals surface area contributed by atoms with Crippen LogP contribution in [0.15, 0.2) is 0 Å². The predicted molar refractivity (Wildman–Crippen MR) is 33.2 cm³/mol. The smallest absolute Gasteiger partial charge is 0.429 e. The van der Waals surface area contributed by atoms with Crippen LogP contribution in [0.4, 0.5) is 9.59 Å². The van der Waals surface area contributed by atoms with Gasteiger partial charge in [-0.1, -0.05) is 0 Å². The van der Waals surface area contributed by atoms with Crippen molar-refractivity contribution in [1.82, 2.24) is 0 Å². The van der Waals surface area contributed by atoms with Gasteiger partial charge in [0, 0.05) is 0 Å². The van der Waals surface area contributed by atoms with Gasteiger partial charge in [-0.2, -0.15) is 11.8 Å². The summed E-state index contributed by atoms with van der Waals surface area (Å²) in [6.07, 6.45) is -2.14. The minimum Gasteiger partial charge on any atom is -0.429 e. The lowest BCUT2D eigenvalue weighted by Crippen LogP contribution is -2.18. The van der Waals surface area contributed by atoms with Crippen molar-refractivity contribution in [3.8, 4) is 0 Å². The first-order valence-corrected chi connectivity index (χ1v) is 2.77. The van der Waals surface area contributed by atoms with E-state index in [1.807, 2.05) is 0 Å². The van der Waals surface area contributed by atoms with Gasteiger partial charge in [-0.05, 0) is 0 Å². The fraction of sp³-hybridized carbons (Fsp3) is 0.500. The van der Waals surface area contributed by atoms with Crippen molar-refractivity contribution >= 4 is 12.3 Å². The lowest BCUT2D eigenvalue weighted by atomic mass is 10.8. The molecule has 0 bridgehead atoms. The highest BCUT2D eigenvalue weighted by molar-refractivity contribution is 5.60. The first-order valence-electron chi connectivity index (χ1n) is 2.77. The third-order valence-corrected chi connectivity index (χ3v) is 0.716. The maximum Gasteiger partial charge on any atom is 0.527 e. The average molecular weight is 180 g/mol. The molecule has 0 amide bonds. The van der Waals surface area contributed by atoms with Crippen LogP contribution in [0, 0.1) is 0 Å². The summed E-state index contributed by atoms with van der Waals surface area (Å²) in [5, 5.41) is 0. The highest BCUT2D eigenvalue weighted by Crippen LogP contribution is 1.83. The van der Waals surface area contributed by atoms with E-state index in [0.717, 1.165) is 0 Å². The van der Waals surface area contributed by atoms with E-state index in [4.69, 9.17) is 0 Å². The van der Waals surface area contributed by atoms with Gasteiger partial charge < -0.3 is 19.1 Å². The number of nitrogens with two attached hydrogens (primary N) is 2. The van der Waals surface area contributed by atoms with Gasteiger partial charge in [0.2, 0.25) is 0 Å². The Morgan fingerprint density at radius 2 is 1.25 bits per heavy atom. The first-order chi connectivity index (χ1) is 5.70. The maximum absolute atomic E-state index is 10.2. The molecule has 0 aliphatic carbocycles. The predicted octanol–water partition coefficient (Wildman–Crippen LogP) is -0.960. The zero-order valence-electron chi connectivity index (χ0n) is 6.02. The molecule has 0 rings (SSSR count). The number of carbonyl (C=O) groups is 2. The fourth-order valence-electron chi connectivity index (χ4n) is 0.318. The molecule has 0 aromatic rings. The first kappa shape index (κ1) is 10.5. The third-order valence-electron chi connectivity index (χ3n) is 0.716. The van der Waals surface area contributed by atoms with E-state index in [1.54, 1.807) is 0 Å². The topological polar surface area (TPSA) is 123 Å². The van der Waals surface area contributed by atoms with Crippen LogP contribution in [-0.2, 0) is 19.1 Å². The highest BCUT2D eigenvalue weighted by Gasteiger charge is 2.03. The summed E-state index contributed by atoms with van der Waals surface area (Å²) in [7, 11) is 0. The van der Waals surface area contributed by atoms with Crippen molar-refractivity contribution in [2.75, 3.05) is 13.2 Å². The summed E-state index contributed by atoms with van der Waals surface area (Å²) in [6, 6.07) is 0. The molecule has 0 aliphatic heterocycles. The molecule has 8 nitrogen and oxygen atoms in total. The van der Waals surface area contributed by atoms with Gasteiger partial charge in [-0.3, -0.25) is 0 Å². The Morgan fingerprint density at radius 1 is 0.917 bits per heavy atom. The molecule has 0 unspecified atom stereocenters. The lowest BCUT2D eigenvalue weighted by molar-refractivity contribution is 0.0180. The Hall–Kier alpha value is -1.54. The number of hydrogen-bond donors (Lipinski definition) is 2. The summed E-state index contributed by atoms with van der Waals surface area (Å²) in [4.78, 5) is 27.6. The summed E-state index contributed by atoms with van der Waals surface area (Å²) >= 11 is 0. The van der Waals surface area contributed by atoms with E-state index in [-0.39, 0.29) is 13.2 Å². The minimum atomic E-state index is -1.07. The lowest BCUT2D eigenvalue weighted by Gasteiger charge is -2.02. The summed E-state index contributed by atoms with van der Waals surface area (Å²) in [6.45, 7) is -0.379. The van der Waals surface area contributed by atoms with Gasteiger partial charge in [0.15, 0.2) is 0 Å². The van der Waals surface area contributed by atoms with Gasteiger partial charge in [-0.15, -0.1) is 0 Å². The Morgan fingerprint density at radius 3 is 1.50 bits per heavy atom. The van der Waals surface area contributed by atoms with Crippen LogP contribution in [0.3, 0.4) is 0 Å². The third kappa shape index (κ3) is 5.26. The molecule has 0 fully saturated rings. The molecule has 0 aliphatic rings. The summed E-state index contributed by atoms with van der Waals surface area (Å²) < 4.78 is 8.45. The molecule has 0 saturated heterocycles.